The molecule has 0 unspecified atom stereocenters. The molecule has 1 fully saturated rings. The van der Waals surface area contributed by atoms with Gasteiger partial charge in [-0.05, 0) is 44.0 Å². The van der Waals surface area contributed by atoms with Gasteiger partial charge in [-0.2, -0.15) is 5.26 Å². The van der Waals surface area contributed by atoms with Crippen molar-refractivity contribution < 1.29 is 14.0 Å². The highest BCUT2D eigenvalue weighted by Gasteiger charge is 2.49. The summed E-state index contributed by atoms with van der Waals surface area (Å²) in [6, 6.07) is 9.12. The van der Waals surface area contributed by atoms with Crippen molar-refractivity contribution in [3.05, 3.63) is 52.4 Å². The fraction of sp³-hybridized carbons (Fsp3) is 0.391. The molecular weight excluding hydrogens is 402 g/mol. The molecule has 1 spiro atoms. The zero-order valence-corrected chi connectivity index (χ0v) is 17.9. The van der Waals surface area contributed by atoms with Crippen molar-refractivity contribution in [2.24, 2.45) is 10.8 Å². The van der Waals surface area contributed by atoms with Gasteiger partial charge < -0.3 is 9.32 Å². The number of aromatic nitrogens is 1. The molecule has 2 aliphatic rings. The number of hydrogen-bond acceptors (Lipinski definition) is 5. The van der Waals surface area contributed by atoms with Crippen LogP contribution in [0.25, 0.3) is 11.5 Å². The fourth-order valence-corrected chi connectivity index (χ4v) is 4.75. The second-order valence-electron chi connectivity index (χ2n) is 8.83. The monoisotopic (exact) mass is 423 g/mol. The molecule has 0 bridgehead atoms. The highest BCUT2D eigenvalue weighted by atomic mass is 35.5. The molecule has 1 atom stereocenters. The first-order valence-corrected chi connectivity index (χ1v) is 10.2. The first-order chi connectivity index (χ1) is 14.1. The molecule has 0 radical (unpaired) electrons. The van der Waals surface area contributed by atoms with Crippen LogP contribution >= 0.6 is 11.6 Å². The molecular formula is C23H22ClN3O3. The SMILES string of the molecule is Cc1oc(-c2ccc(Cl)cc2)nc1C(=O)N1CC[C@@]2(C=C(C#N)C(=O)C(C)(C)C2)C1. The van der Waals surface area contributed by atoms with E-state index in [1.54, 1.807) is 42.2 Å². The molecule has 1 aromatic carbocycles. The Morgan fingerprint density at radius 1 is 1.30 bits per heavy atom. The summed E-state index contributed by atoms with van der Waals surface area (Å²) in [7, 11) is 0. The molecule has 1 saturated heterocycles. The van der Waals surface area contributed by atoms with Gasteiger partial charge in [-0.3, -0.25) is 9.59 Å². The summed E-state index contributed by atoms with van der Waals surface area (Å²) < 4.78 is 5.74. The van der Waals surface area contributed by atoms with E-state index in [9.17, 15) is 14.9 Å². The molecule has 1 amide bonds. The van der Waals surface area contributed by atoms with Gasteiger partial charge in [0.05, 0.1) is 5.57 Å². The molecule has 7 heteroatoms. The Morgan fingerprint density at radius 2 is 2.00 bits per heavy atom. The number of carbonyl (C=O) groups excluding carboxylic acids is 2. The third-order valence-corrected chi connectivity index (χ3v) is 6.24. The number of allylic oxidation sites excluding steroid dienone is 1. The van der Waals surface area contributed by atoms with E-state index < -0.39 is 5.41 Å². The molecule has 30 heavy (non-hydrogen) atoms. The Balaban J connectivity index is 1.59. The average molecular weight is 424 g/mol. The first kappa shape index (κ1) is 20.4. The van der Waals surface area contributed by atoms with Crippen LogP contribution in [-0.4, -0.2) is 34.7 Å². The van der Waals surface area contributed by atoms with Crippen LogP contribution in [-0.2, 0) is 4.79 Å². The number of hydrogen-bond donors (Lipinski definition) is 0. The summed E-state index contributed by atoms with van der Waals surface area (Å²) in [5, 5.41) is 10.0. The molecule has 0 saturated carbocycles. The van der Waals surface area contributed by atoms with Gasteiger partial charge in [0.25, 0.3) is 5.91 Å². The highest BCUT2D eigenvalue weighted by molar-refractivity contribution is 6.30. The standard InChI is InChI=1S/C23H22ClN3O3/c1-14-18(26-20(30-14)15-4-6-17(24)7-5-15)21(29)27-9-8-23(13-27)10-16(11-25)19(28)22(2,3)12-23/h4-7,10H,8-9,12-13H2,1-3H3/t23-/m0/s1. The summed E-state index contributed by atoms with van der Waals surface area (Å²) in [5.74, 6) is 0.506. The predicted molar refractivity (Wildman–Crippen MR) is 112 cm³/mol. The topological polar surface area (TPSA) is 87.2 Å². The molecule has 154 valence electrons. The van der Waals surface area contributed by atoms with Gasteiger partial charge in [-0.15, -0.1) is 0 Å². The van der Waals surface area contributed by atoms with Crippen molar-refractivity contribution in [2.75, 3.05) is 13.1 Å². The summed E-state index contributed by atoms with van der Waals surface area (Å²) in [5.41, 5.74) is 0.239. The van der Waals surface area contributed by atoms with Crippen molar-refractivity contribution in [3.63, 3.8) is 0 Å². The van der Waals surface area contributed by atoms with E-state index in [0.717, 1.165) is 5.56 Å². The van der Waals surface area contributed by atoms with E-state index in [2.05, 4.69) is 4.98 Å². The molecule has 0 N–H and O–H groups in total. The minimum atomic E-state index is -0.621. The molecule has 6 nitrogen and oxygen atoms in total. The lowest BCUT2D eigenvalue weighted by Gasteiger charge is -2.38. The Kier molecular flexibility index (Phi) is 4.82. The first-order valence-electron chi connectivity index (χ1n) is 9.85. The fourth-order valence-electron chi connectivity index (χ4n) is 4.62. The lowest BCUT2D eigenvalue weighted by molar-refractivity contribution is -0.125. The van der Waals surface area contributed by atoms with Crippen molar-refractivity contribution in [1.82, 2.24) is 9.88 Å². The summed E-state index contributed by atoms with van der Waals surface area (Å²) in [4.78, 5) is 31.8. The maximum Gasteiger partial charge on any atom is 0.276 e. The number of halogens is 1. The normalized spacial score (nSPS) is 22.8. The van der Waals surface area contributed by atoms with Gasteiger partial charge in [-0.25, -0.2) is 4.98 Å². The number of ketones is 1. The van der Waals surface area contributed by atoms with E-state index in [-0.39, 0.29) is 28.4 Å². The van der Waals surface area contributed by atoms with Crippen LogP contribution < -0.4 is 0 Å². The number of oxazole rings is 1. The number of likely N-dealkylation sites (tertiary alicyclic amines) is 1. The third-order valence-electron chi connectivity index (χ3n) is 5.99. The quantitative estimate of drug-likeness (QED) is 0.705. The number of benzene rings is 1. The van der Waals surface area contributed by atoms with E-state index in [4.69, 9.17) is 16.0 Å². The van der Waals surface area contributed by atoms with E-state index in [1.165, 1.54) is 0 Å². The van der Waals surface area contributed by atoms with Crippen LogP contribution in [0.4, 0.5) is 0 Å². The van der Waals surface area contributed by atoms with Crippen LogP contribution in [0.1, 0.15) is 42.9 Å². The Hall–Kier alpha value is -2.91. The molecule has 2 heterocycles. The number of aryl methyl sites for hydroxylation is 1. The van der Waals surface area contributed by atoms with Crippen LogP contribution in [0.5, 0.6) is 0 Å². The highest BCUT2D eigenvalue weighted by Crippen LogP contribution is 2.48. The minimum Gasteiger partial charge on any atom is -0.441 e. The Morgan fingerprint density at radius 3 is 2.67 bits per heavy atom. The maximum absolute atomic E-state index is 13.2. The molecule has 1 aliphatic carbocycles. The van der Waals surface area contributed by atoms with Crippen LogP contribution in [0.15, 0.2) is 40.3 Å². The lowest BCUT2D eigenvalue weighted by Crippen LogP contribution is -2.40. The Labute approximate surface area is 180 Å². The van der Waals surface area contributed by atoms with Crippen molar-refractivity contribution in [2.45, 2.75) is 33.6 Å². The minimum absolute atomic E-state index is 0.125. The molecule has 1 aliphatic heterocycles. The average Bonchev–Trinajstić information content (AvgIpc) is 3.28. The van der Waals surface area contributed by atoms with Gasteiger partial charge in [0.2, 0.25) is 5.89 Å². The molecule has 4 rings (SSSR count). The van der Waals surface area contributed by atoms with E-state index >= 15 is 0 Å². The number of nitriles is 1. The smallest absolute Gasteiger partial charge is 0.276 e. The van der Waals surface area contributed by atoms with Crippen LogP contribution in [0.2, 0.25) is 5.02 Å². The number of nitrogens with zero attached hydrogens (tertiary/aromatic N) is 3. The maximum atomic E-state index is 13.2. The second kappa shape index (κ2) is 7.10. The summed E-state index contributed by atoms with van der Waals surface area (Å²) >= 11 is 5.94. The number of carbonyl (C=O) groups is 2. The van der Waals surface area contributed by atoms with Gasteiger partial charge in [0.15, 0.2) is 11.5 Å². The molecule has 2 aromatic rings. The van der Waals surface area contributed by atoms with Gasteiger partial charge in [0.1, 0.15) is 11.8 Å². The van der Waals surface area contributed by atoms with Gasteiger partial charge in [0, 0.05) is 34.5 Å². The largest absolute Gasteiger partial charge is 0.441 e. The number of Topliss-reactive ketones (excluding diaryl/α,β-unsaturated/α-hetero) is 1. The van der Waals surface area contributed by atoms with Crippen LogP contribution in [0.3, 0.4) is 0 Å². The Bertz CT molecular complexity index is 1110. The zero-order valence-electron chi connectivity index (χ0n) is 17.2. The second-order valence-corrected chi connectivity index (χ2v) is 9.27. The lowest BCUT2D eigenvalue weighted by atomic mass is 9.64. The van der Waals surface area contributed by atoms with E-state index in [0.29, 0.717) is 42.6 Å². The third kappa shape index (κ3) is 3.44. The van der Waals surface area contributed by atoms with Crippen molar-refractivity contribution in [3.8, 4) is 17.5 Å². The summed E-state index contributed by atoms with van der Waals surface area (Å²) in [6.07, 6.45) is 3.10. The van der Waals surface area contributed by atoms with Gasteiger partial charge >= 0.3 is 0 Å². The van der Waals surface area contributed by atoms with Gasteiger partial charge in [-0.1, -0.05) is 31.5 Å². The van der Waals surface area contributed by atoms with Crippen molar-refractivity contribution in [1.29, 1.82) is 5.26 Å². The number of amides is 1. The molecule has 1 aromatic heterocycles. The van der Waals surface area contributed by atoms with E-state index in [1.807, 2.05) is 19.9 Å². The summed E-state index contributed by atoms with van der Waals surface area (Å²) in [6.45, 7) is 6.46. The van der Waals surface area contributed by atoms with Crippen molar-refractivity contribution >= 4 is 23.3 Å². The zero-order chi connectivity index (χ0) is 21.7. The predicted octanol–water partition coefficient (Wildman–Crippen LogP) is 4.58. The number of rotatable bonds is 2. The van der Waals surface area contributed by atoms with Crippen LogP contribution in [0, 0.1) is 29.1 Å².